The van der Waals surface area contributed by atoms with Gasteiger partial charge >= 0.3 is 0 Å². The van der Waals surface area contributed by atoms with Crippen molar-refractivity contribution in [2.75, 3.05) is 0 Å². The van der Waals surface area contributed by atoms with Crippen molar-refractivity contribution in [1.29, 1.82) is 0 Å². The molecule has 0 aliphatic heterocycles. The van der Waals surface area contributed by atoms with Crippen LogP contribution in [-0.4, -0.2) is 19.7 Å². The summed E-state index contributed by atoms with van der Waals surface area (Å²) in [5.41, 5.74) is 3.43. The molecule has 5 nitrogen and oxygen atoms in total. The number of aromatic nitrogens is 4. The van der Waals surface area contributed by atoms with Gasteiger partial charge in [-0.15, -0.1) is 28.1 Å². The zero-order valence-electron chi connectivity index (χ0n) is 14.8. The van der Waals surface area contributed by atoms with Gasteiger partial charge in [0.1, 0.15) is 5.01 Å². The molecule has 0 atom stereocenters. The summed E-state index contributed by atoms with van der Waals surface area (Å²) < 4.78 is 7.47. The van der Waals surface area contributed by atoms with E-state index >= 15 is 0 Å². The highest BCUT2D eigenvalue weighted by molar-refractivity contribution is 7.98. The summed E-state index contributed by atoms with van der Waals surface area (Å²) in [5.74, 6) is 2.14. The van der Waals surface area contributed by atoms with E-state index in [2.05, 4.69) is 53.3 Å². The van der Waals surface area contributed by atoms with Crippen LogP contribution in [-0.2, 0) is 12.3 Å². The molecule has 0 aliphatic carbocycles. The maximum Gasteiger partial charge on any atom is 0.200 e. The van der Waals surface area contributed by atoms with Crippen LogP contribution in [0.5, 0.6) is 0 Å². The number of benzene rings is 1. The molecule has 0 N–H and O–H groups in total. The highest BCUT2D eigenvalue weighted by Crippen LogP contribution is 2.29. The molecular weight excluding hydrogens is 376 g/mol. The van der Waals surface area contributed by atoms with Gasteiger partial charge in [-0.2, -0.15) is 0 Å². The minimum absolute atomic E-state index is 0.622. The normalized spacial score (nSPS) is 11.0. The summed E-state index contributed by atoms with van der Waals surface area (Å²) in [7, 11) is 0. The van der Waals surface area contributed by atoms with E-state index < -0.39 is 0 Å². The molecule has 0 amide bonds. The Morgan fingerprint density at radius 1 is 1.26 bits per heavy atom. The first kappa shape index (κ1) is 17.8. The molecule has 4 aromatic rings. The lowest BCUT2D eigenvalue weighted by molar-refractivity contribution is 0.569. The van der Waals surface area contributed by atoms with Gasteiger partial charge in [-0.25, -0.2) is 4.98 Å². The van der Waals surface area contributed by atoms with Gasteiger partial charge < -0.3 is 4.42 Å². The summed E-state index contributed by atoms with van der Waals surface area (Å²) in [5, 5.41) is 12.6. The van der Waals surface area contributed by atoms with Crippen LogP contribution in [0.1, 0.15) is 11.3 Å². The van der Waals surface area contributed by atoms with E-state index in [1.54, 1.807) is 29.4 Å². The highest BCUT2D eigenvalue weighted by Gasteiger charge is 2.16. The smallest absolute Gasteiger partial charge is 0.200 e. The predicted molar refractivity (Wildman–Crippen MR) is 110 cm³/mol. The Morgan fingerprint density at radius 2 is 2.19 bits per heavy atom. The van der Waals surface area contributed by atoms with Crippen molar-refractivity contribution in [3.8, 4) is 22.2 Å². The molecule has 0 radical (unpaired) electrons. The monoisotopic (exact) mass is 394 g/mol. The van der Waals surface area contributed by atoms with E-state index in [1.807, 2.05) is 22.8 Å². The second-order valence-corrected chi connectivity index (χ2v) is 7.79. The van der Waals surface area contributed by atoms with Crippen molar-refractivity contribution in [3.63, 3.8) is 0 Å². The number of furan rings is 1. The second-order valence-electron chi connectivity index (χ2n) is 5.98. The number of hydrogen-bond acceptors (Lipinski definition) is 6. The van der Waals surface area contributed by atoms with Gasteiger partial charge in [0.15, 0.2) is 10.9 Å². The van der Waals surface area contributed by atoms with E-state index in [0.717, 1.165) is 27.2 Å². The Hall–Kier alpha value is -2.64. The van der Waals surface area contributed by atoms with Crippen molar-refractivity contribution < 1.29 is 4.42 Å². The zero-order valence-corrected chi connectivity index (χ0v) is 16.5. The summed E-state index contributed by atoms with van der Waals surface area (Å²) in [6, 6.07) is 12.1. The first-order chi connectivity index (χ1) is 13.2. The number of hydrogen-bond donors (Lipinski definition) is 0. The Bertz CT molecular complexity index is 1050. The molecule has 7 heteroatoms. The summed E-state index contributed by atoms with van der Waals surface area (Å²) >= 11 is 3.28. The average molecular weight is 395 g/mol. The first-order valence-corrected chi connectivity index (χ1v) is 10.3. The van der Waals surface area contributed by atoms with E-state index in [4.69, 9.17) is 9.40 Å². The maximum atomic E-state index is 5.47. The van der Waals surface area contributed by atoms with Crippen molar-refractivity contribution >= 4 is 23.1 Å². The topological polar surface area (TPSA) is 56.7 Å². The Balaban J connectivity index is 1.52. The van der Waals surface area contributed by atoms with Gasteiger partial charge in [0.05, 0.1) is 12.0 Å². The number of thioether (sulfide) groups is 1. The average Bonchev–Trinajstić information content (AvgIpc) is 3.41. The highest BCUT2D eigenvalue weighted by atomic mass is 32.2. The van der Waals surface area contributed by atoms with Gasteiger partial charge in [-0.1, -0.05) is 41.6 Å². The fraction of sp³-hybridized carbons (Fsp3) is 0.150. The Labute approximate surface area is 165 Å². The van der Waals surface area contributed by atoms with Crippen molar-refractivity contribution in [3.05, 3.63) is 72.0 Å². The van der Waals surface area contributed by atoms with Crippen LogP contribution in [0.2, 0.25) is 0 Å². The van der Waals surface area contributed by atoms with Crippen LogP contribution < -0.4 is 0 Å². The number of nitrogens with zero attached hydrogens (tertiary/aromatic N) is 4. The van der Waals surface area contributed by atoms with Crippen molar-refractivity contribution in [1.82, 2.24) is 19.7 Å². The SMILES string of the molecule is C=CCn1c(SCc2csc(-c3cccc(C)c3)n2)nnc1-c1ccco1. The largest absolute Gasteiger partial charge is 0.461 e. The first-order valence-electron chi connectivity index (χ1n) is 8.47. The number of allylic oxidation sites excluding steroid dienone is 1. The standard InChI is InChI=1S/C20H18N4OS2/c1-3-9-24-18(17-8-5-10-25-17)22-23-20(24)27-13-16-12-26-19(21-16)15-7-4-6-14(2)11-15/h3-8,10-12H,1,9,13H2,2H3. The molecule has 27 heavy (non-hydrogen) atoms. The van der Waals surface area contributed by atoms with Gasteiger partial charge in [-0.3, -0.25) is 4.57 Å². The molecule has 3 heterocycles. The lowest BCUT2D eigenvalue weighted by atomic mass is 10.1. The summed E-state index contributed by atoms with van der Waals surface area (Å²) in [6.45, 7) is 6.55. The van der Waals surface area contributed by atoms with E-state index in [-0.39, 0.29) is 0 Å². The molecule has 0 unspecified atom stereocenters. The fourth-order valence-corrected chi connectivity index (χ4v) is 4.46. The lowest BCUT2D eigenvalue weighted by Gasteiger charge is -2.05. The van der Waals surface area contributed by atoms with Crippen LogP contribution in [0, 0.1) is 6.92 Å². The number of thiazole rings is 1. The predicted octanol–water partition coefficient (Wildman–Crippen LogP) is 5.45. The number of aryl methyl sites for hydroxylation is 1. The van der Waals surface area contributed by atoms with Gasteiger partial charge in [-0.05, 0) is 25.1 Å². The van der Waals surface area contributed by atoms with E-state index in [0.29, 0.717) is 18.1 Å². The third-order valence-electron chi connectivity index (χ3n) is 3.94. The molecule has 0 aliphatic rings. The molecule has 3 aromatic heterocycles. The van der Waals surface area contributed by atoms with Crippen LogP contribution >= 0.6 is 23.1 Å². The van der Waals surface area contributed by atoms with Crippen molar-refractivity contribution in [2.24, 2.45) is 0 Å². The second kappa shape index (κ2) is 7.94. The van der Waals surface area contributed by atoms with Gasteiger partial charge in [0.2, 0.25) is 5.82 Å². The van der Waals surface area contributed by atoms with Gasteiger partial charge in [0, 0.05) is 23.2 Å². The molecule has 0 saturated carbocycles. The minimum atomic E-state index is 0.622. The third kappa shape index (κ3) is 3.89. The van der Waals surface area contributed by atoms with Crippen LogP contribution in [0.3, 0.4) is 0 Å². The van der Waals surface area contributed by atoms with Gasteiger partial charge in [0.25, 0.3) is 0 Å². The zero-order chi connectivity index (χ0) is 18.6. The molecule has 0 saturated heterocycles. The Morgan fingerprint density at radius 3 is 2.96 bits per heavy atom. The molecule has 136 valence electrons. The number of rotatable bonds is 7. The van der Waals surface area contributed by atoms with Crippen LogP contribution in [0.15, 0.2) is 70.3 Å². The lowest BCUT2D eigenvalue weighted by Crippen LogP contribution is -2.00. The van der Waals surface area contributed by atoms with Crippen molar-refractivity contribution in [2.45, 2.75) is 24.4 Å². The molecule has 4 rings (SSSR count). The van der Waals surface area contributed by atoms with Crippen LogP contribution in [0.25, 0.3) is 22.2 Å². The molecular formula is C20H18N4OS2. The van der Waals surface area contributed by atoms with Crippen LogP contribution in [0.4, 0.5) is 0 Å². The molecule has 0 spiro atoms. The quantitative estimate of drug-likeness (QED) is 0.308. The Kier molecular flexibility index (Phi) is 5.22. The molecule has 0 fully saturated rings. The molecule has 0 bridgehead atoms. The maximum absolute atomic E-state index is 5.47. The van der Waals surface area contributed by atoms with E-state index in [1.165, 1.54) is 5.56 Å². The van der Waals surface area contributed by atoms with E-state index in [9.17, 15) is 0 Å². The summed E-state index contributed by atoms with van der Waals surface area (Å²) in [4.78, 5) is 4.77. The molecule has 1 aromatic carbocycles. The minimum Gasteiger partial charge on any atom is -0.461 e. The fourth-order valence-electron chi connectivity index (χ4n) is 2.70. The summed E-state index contributed by atoms with van der Waals surface area (Å²) in [6.07, 6.45) is 3.47. The third-order valence-corrected chi connectivity index (χ3v) is 5.88.